The standard InChI is InChI=1S/C17H30O5/c1-3-5-11-20-16(18)13-15(17(19)21-12-6-4-2)22-14-9-7-8-10-14/h14-15H,3-13H2,1-2H3. The van der Waals surface area contributed by atoms with Crippen LogP contribution in [0.15, 0.2) is 0 Å². The van der Waals surface area contributed by atoms with Crippen molar-refractivity contribution in [3.63, 3.8) is 0 Å². The average molecular weight is 314 g/mol. The van der Waals surface area contributed by atoms with Crippen LogP contribution in [0.3, 0.4) is 0 Å². The van der Waals surface area contributed by atoms with E-state index in [0.717, 1.165) is 51.4 Å². The Balaban J connectivity index is 2.44. The van der Waals surface area contributed by atoms with E-state index in [2.05, 4.69) is 0 Å². The van der Waals surface area contributed by atoms with Crippen LogP contribution in [0.25, 0.3) is 0 Å². The maximum absolute atomic E-state index is 12.1. The smallest absolute Gasteiger partial charge is 0.335 e. The first kappa shape index (κ1) is 18.9. The first-order chi connectivity index (χ1) is 10.7. The van der Waals surface area contributed by atoms with Gasteiger partial charge in [0.1, 0.15) is 0 Å². The number of hydrogen-bond acceptors (Lipinski definition) is 5. The number of hydrogen-bond donors (Lipinski definition) is 0. The molecule has 5 heteroatoms. The Morgan fingerprint density at radius 2 is 1.59 bits per heavy atom. The second-order valence-electron chi connectivity index (χ2n) is 5.83. The van der Waals surface area contributed by atoms with Gasteiger partial charge in [0.05, 0.1) is 25.7 Å². The molecule has 128 valence electrons. The van der Waals surface area contributed by atoms with E-state index in [0.29, 0.717) is 13.2 Å². The first-order valence-electron chi connectivity index (χ1n) is 8.65. The predicted molar refractivity (Wildman–Crippen MR) is 83.5 cm³/mol. The molecule has 1 aliphatic carbocycles. The van der Waals surface area contributed by atoms with Crippen molar-refractivity contribution < 1.29 is 23.8 Å². The van der Waals surface area contributed by atoms with Crippen molar-refractivity contribution in [2.75, 3.05) is 13.2 Å². The van der Waals surface area contributed by atoms with Crippen LogP contribution in [-0.2, 0) is 23.8 Å². The zero-order valence-electron chi connectivity index (χ0n) is 14.0. The van der Waals surface area contributed by atoms with Gasteiger partial charge in [-0.1, -0.05) is 39.5 Å². The van der Waals surface area contributed by atoms with Gasteiger partial charge in [0.25, 0.3) is 0 Å². The summed E-state index contributed by atoms with van der Waals surface area (Å²) in [4.78, 5) is 23.9. The molecular weight excluding hydrogens is 284 g/mol. The summed E-state index contributed by atoms with van der Waals surface area (Å²) < 4.78 is 16.1. The lowest BCUT2D eigenvalue weighted by Gasteiger charge is -2.20. The molecular formula is C17H30O5. The summed E-state index contributed by atoms with van der Waals surface area (Å²) in [6.45, 7) is 4.84. The molecule has 1 saturated carbocycles. The lowest BCUT2D eigenvalue weighted by atomic mass is 10.2. The largest absolute Gasteiger partial charge is 0.466 e. The summed E-state index contributed by atoms with van der Waals surface area (Å²) in [6, 6.07) is 0. The SMILES string of the molecule is CCCCOC(=O)CC(OC1CCCC1)C(=O)OCCCC. The monoisotopic (exact) mass is 314 g/mol. The fraction of sp³-hybridized carbons (Fsp3) is 0.882. The molecule has 1 atom stereocenters. The molecule has 0 aliphatic heterocycles. The number of unbranched alkanes of at least 4 members (excludes halogenated alkanes) is 2. The Kier molecular flexibility index (Phi) is 9.87. The van der Waals surface area contributed by atoms with Gasteiger partial charge >= 0.3 is 11.9 Å². The Bertz CT molecular complexity index is 323. The van der Waals surface area contributed by atoms with E-state index < -0.39 is 12.1 Å². The molecule has 1 unspecified atom stereocenters. The minimum Gasteiger partial charge on any atom is -0.466 e. The third-order valence-corrected chi connectivity index (χ3v) is 3.78. The van der Waals surface area contributed by atoms with Crippen LogP contribution in [0.2, 0.25) is 0 Å². The van der Waals surface area contributed by atoms with Crippen LogP contribution < -0.4 is 0 Å². The molecule has 0 amide bonds. The summed E-state index contributed by atoms with van der Waals surface area (Å²) in [6.07, 6.45) is 6.89. The molecule has 5 nitrogen and oxygen atoms in total. The minimum atomic E-state index is -0.825. The van der Waals surface area contributed by atoms with Crippen LogP contribution in [-0.4, -0.2) is 37.4 Å². The highest BCUT2D eigenvalue weighted by atomic mass is 16.6. The summed E-state index contributed by atoms with van der Waals surface area (Å²) in [5.74, 6) is -0.823. The Labute approximate surface area is 133 Å². The van der Waals surface area contributed by atoms with Crippen molar-refractivity contribution in [1.29, 1.82) is 0 Å². The van der Waals surface area contributed by atoms with Crippen molar-refractivity contribution >= 4 is 11.9 Å². The average Bonchev–Trinajstić information content (AvgIpc) is 3.00. The topological polar surface area (TPSA) is 61.8 Å². The van der Waals surface area contributed by atoms with Crippen molar-refractivity contribution in [2.45, 2.75) is 83.8 Å². The lowest BCUT2D eigenvalue weighted by molar-refractivity contribution is -0.167. The molecule has 0 radical (unpaired) electrons. The summed E-state index contributed by atoms with van der Waals surface area (Å²) in [7, 11) is 0. The summed E-state index contributed by atoms with van der Waals surface area (Å²) in [5.41, 5.74) is 0. The third-order valence-electron chi connectivity index (χ3n) is 3.78. The van der Waals surface area contributed by atoms with Crippen LogP contribution >= 0.6 is 0 Å². The van der Waals surface area contributed by atoms with E-state index in [-0.39, 0.29) is 18.5 Å². The van der Waals surface area contributed by atoms with Crippen LogP contribution in [0.5, 0.6) is 0 Å². The predicted octanol–water partition coefficient (Wildman–Crippen LogP) is 3.39. The van der Waals surface area contributed by atoms with E-state index in [1.165, 1.54) is 0 Å². The highest BCUT2D eigenvalue weighted by molar-refractivity contribution is 5.81. The molecule has 22 heavy (non-hydrogen) atoms. The van der Waals surface area contributed by atoms with Crippen molar-refractivity contribution in [1.82, 2.24) is 0 Å². The molecule has 1 fully saturated rings. The van der Waals surface area contributed by atoms with E-state index in [4.69, 9.17) is 14.2 Å². The van der Waals surface area contributed by atoms with Crippen LogP contribution in [0.1, 0.15) is 71.6 Å². The van der Waals surface area contributed by atoms with Gasteiger partial charge in [0.15, 0.2) is 6.10 Å². The van der Waals surface area contributed by atoms with Gasteiger partial charge in [-0.25, -0.2) is 4.79 Å². The number of rotatable bonds is 11. The number of carbonyl (C=O) groups excluding carboxylic acids is 2. The number of carbonyl (C=O) groups is 2. The number of esters is 2. The van der Waals surface area contributed by atoms with Gasteiger partial charge in [0.2, 0.25) is 0 Å². The Hall–Kier alpha value is -1.10. The normalized spacial score (nSPS) is 16.5. The van der Waals surface area contributed by atoms with Crippen LogP contribution in [0.4, 0.5) is 0 Å². The zero-order chi connectivity index (χ0) is 16.2. The minimum absolute atomic E-state index is 0.0504. The molecule has 0 heterocycles. The van der Waals surface area contributed by atoms with Gasteiger partial charge in [0, 0.05) is 0 Å². The third kappa shape index (κ3) is 7.78. The van der Waals surface area contributed by atoms with E-state index >= 15 is 0 Å². The molecule has 0 spiro atoms. The molecule has 0 aromatic heterocycles. The van der Waals surface area contributed by atoms with E-state index in [9.17, 15) is 9.59 Å². The van der Waals surface area contributed by atoms with Gasteiger partial charge in [-0.3, -0.25) is 4.79 Å². The highest BCUT2D eigenvalue weighted by Crippen LogP contribution is 2.23. The van der Waals surface area contributed by atoms with Gasteiger partial charge < -0.3 is 14.2 Å². The zero-order valence-corrected chi connectivity index (χ0v) is 14.0. The summed E-state index contributed by atoms with van der Waals surface area (Å²) >= 11 is 0. The Morgan fingerprint density at radius 3 is 2.18 bits per heavy atom. The van der Waals surface area contributed by atoms with Gasteiger partial charge in [-0.15, -0.1) is 0 Å². The lowest BCUT2D eigenvalue weighted by Crippen LogP contribution is -2.33. The second kappa shape index (κ2) is 11.5. The fourth-order valence-electron chi connectivity index (χ4n) is 2.39. The molecule has 1 rings (SSSR count). The highest BCUT2D eigenvalue weighted by Gasteiger charge is 2.29. The molecule has 0 saturated heterocycles. The van der Waals surface area contributed by atoms with Gasteiger partial charge in [-0.2, -0.15) is 0 Å². The molecule has 0 aromatic rings. The molecule has 1 aliphatic rings. The van der Waals surface area contributed by atoms with Crippen molar-refractivity contribution in [3.05, 3.63) is 0 Å². The van der Waals surface area contributed by atoms with Crippen LogP contribution in [0, 0.1) is 0 Å². The maximum atomic E-state index is 12.1. The fourth-order valence-corrected chi connectivity index (χ4v) is 2.39. The van der Waals surface area contributed by atoms with Gasteiger partial charge in [-0.05, 0) is 25.7 Å². The molecule has 0 bridgehead atoms. The summed E-state index contributed by atoms with van der Waals surface area (Å²) in [5, 5.41) is 0. The second-order valence-corrected chi connectivity index (χ2v) is 5.83. The number of ether oxygens (including phenoxy) is 3. The maximum Gasteiger partial charge on any atom is 0.335 e. The molecule has 0 aromatic carbocycles. The van der Waals surface area contributed by atoms with Crippen molar-refractivity contribution in [3.8, 4) is 0 Å². The first-order valence-corrected chi connectivity index (χ1v) is 8.65. The Morgan fingerprint density at radius 1 is 1.00 bits per heavy atom. The van der Waals surface area contributed by atoms with E-state index in [1.807, 2.05) is 13.8 Å². The quantitative estimate of drug-likeness (QED) is 0.432. The van der Waals surface area contributed by atoms with Crippen molar-refractivity contribution in [2.24, 2.45) is 0 Å². The van der Waals surface area contributed by atoms with E-state index in [1.54, 1.807) is 0 Å². The molecule has 0 N–H and O–H groups in total.